The molecule has 5 heteroatoms. The van der Waals surface area contributed by atoms with Crippen LogP contribution in [-0.2, 0) is 0 Å². The van der Waals surface area contributed by atoms with E-state index < -0.39 is 0 Å². The Hall–Kier alpha value is -7.05. The molecule has 3 nitrogen and oxygen atoms in total. The van der Waals surface area contributed by atoms with E-state index >= 15 is 0 Å². The maximum Gasteiger partial charge on any atom is 0.0541 e. The number of aromatic nitrogens is 3. The molecule has 13 aromatic rings. The van der Waals surface area contributed by atoms with Gasteiger partial charge in [0.2, 0.25) is 0 Å². The molecule has 0 aliphatic carbocycles. The van der Waals surface area contributed by atoms with Crippen LogP contribution < -0.4 is 0 Å². The van der Waals surface area contributed by atoms with Crippen LogP contribution in [0.15, 0.2) is 210 Å². The Labute approximate surface area is 347 Å². The largest absolute Gasteiger partial charge is 0.309 e. The molecular formula is C54H33N3S2. The van der Waals surface area contributed by atoms with Gasteiger partial charge in [-0.05, 0) is 109 Å². The smallest absolute Gasteiger partial charge is 0.0541 e. The third-order valence-corrected chi connectivity index (χ3v) is 14.2. The fourth-order valence-corrected chi connectivity index (χ4v) is 11.5. The van der Waals surface area contributed by atoms with E-state index in [1.807, 2.05) is 23.1 Å². The highest BCUT2D eigenvalue weighted by Gasteiger charge is 2.18. The molecule has 0 spiro atoms. The van der Waals surface area contributed by atoms with Crippen LogP contribution in [0.4, 0.5) is 0 Å². The molecule has 0 fully saturated rings. The van der Waals surface area contributed by atoms with Crippen LogP contribution in [-0.4, -0.2) is 13.7 Å². The predicted molar refractivity (Wildman–Crippen MR) is 253 cm³/mol. The Morgan fingerprint density at radius 1 is 0.271 bits per heavy atom. The van der Waals surface area contributed by atoms with Crippen LogP contribution in [0.5, 0.6) is 0 Å². The Kier molecular flexibility index (Phi) is 7.11. The van der Waals surface area contributed by atoms with Crippen LogP contribution in [0.3, 0.4) is 0 Å². The van der Waals surface area contributed by atoms with Crippen molar-refractivity contribution in [2.75, 3.05) is 0 Å². The maximum atomic E-state index is 2.45. The van der Waals surface area contributed by atoms with Crippen LogP contribution in [0.2, 0.25) is 0 Å². The van der Waals surface area contributed by atoms with E-state index in [1.165, 1.54) is 112 Å². The third kappa shape index (κ3) is 4.96. The quantitative estimate of drug-likeness (QED) is 0.170. The van der Waals surface area contributed by atoms with Gasteiger partial charge in [0.15, 0.2) is 0 Å². The van der Waals surface area contributed by atoms with E-state index in [0.717, 1.165) is 0 Å². The minimum atomic E-state index is 1.17. The molecule has 4 aromatic heterocycles. The SMILES string of the molecule is c1ccc(-n2c3ccccc3c3cc(Sc4ccc5c(c4)c4ccccc4n5-c4ccc5sc6ccc(-n7c8ccccc8c8ccccc87)cc6c5c4)ccc32)cc1. The lowest BCUT2D eigenvalue weighted by atomic mass is 10.1. The fraction of sp³-hybridized carbons (Fsp3) is 0. The lowest BCUT2D eigenvalue weighted by Gasteiger charge is -2.10. The molecule has 0 saturated carbocycles. The van der Waals surface area contributed by atoms with E-state index in [0.29, 0.717) is 0 Å². The van der Waals surface area contributed by atoms with Crippen molar-refractivity contribution in [1.29, 1.82) is 0 Å². The van der Waals surface area contributed by atoms with Gasteiger partial charge >= 0.3 is 0 Å². The summed E-state index contributed by atoms with van der Waals surface area (Å²) in [6, 6.07) is 73.6. The Morgan fingerprint density at radius 3 is 1.10 bits per heavy atom. The number of hydrogen-bond acceptors (Lipinski definition) is 2. The zero-order chi connectivity index (χ0) is 38.6. The minimum absolute atomic E-state index is 1.17. The van der Waals surface area contributed by atoms with Gasteiger partial charge in [0, 0.05) is 79.3 Å². The van der Waals surface area contributed by atoms with Gasteiger partial charge in [0.25, 0.3) is 0 Å². The molecule has 0 saturated heterocycles. The first-order chi connectivity index (χ1) is 29.2. The molecule has 4 heterocycles. The van der Waals surface area contributed by atoms with Crippen LogP contribution in [0.1, 0.15) is 0 Å². The number of benzene rings is 9. The van der Waals surface area contributed by atoms with Gasteiger partial charge in [-0.1, -0.05) is 103 Å². The summed E-state index contributed by atoms with van der Waals surface area (Å²) in [5, 5.41) is 10.2. The molecule has 0 amide bonds. The van der Waals surface area contributed by atoms with Gasteiger partial charge in [-0.25, -0.2) is 0 Å². The maximum absolute atomic E-state index is 2.45. The fourth-order valence-electron chi connectivity index (χ4n) is 9.53. The lowest BCUT2D eigenvalue weighted by Crippen LogP contribution is -1.94. The molecular weight excluding hydrogens is 755 g/mol. The predicted octanol–water partition coefficient (Wildman–Crippen LogP) is 15.5. The lowest BCUT2D eigenvalue weighted by molar-refractivity contribution is 1.18. The van der Waals surface area contributed by atoms with E-state index in [4.69, 9.17) is 0 Å². The number of nitrogens with zero attached hydrogens (tertiary/aromatic N) is 3. The van der Waals surface area contributed by atoms with Crippen molar-refractivity contribution in [1.82, 2.24) is 13.7 Å². The summed E-state index contributed by atoms with van der Waals surface area (Å²) >= 11 is 3.70. The van der Waals surface area contributed by atoms with Gasteiger partial charge in [0.05, 0.1) is 33.1 Å². The van der Waals surface area contributed by atoms with Crippen molar-refractivity contribution < 1.29 is 0 Å². The number of para-hydroxylation sites is 5. The highest BCUT2D eigenvalue weighted by Crippen LogP contribution is 2.42. The molecule has 0 aliphatic heterocycles. The number of rotatable bonds is 5. The Balaban J connectivity index is 0.924. The molecule has 0 bridgehead atoms. The van der Waals surface area contributed by atoms with E-state index in [2.05, 4.69) is 214 Å². The van der Waals surface area contributed by atoms with Gasteiger partial charge < -0.3 is 13.7 Å². The molecule has 0 unspecified atom stereocenters. The second kappa shape index (κ2) is 12.7. The van der Waals surface area contributed by atoms with Crippen molar-refractivity contribution in [3.63, 3.8) is 0 Å². The zero-order valence-electron chi connectivity index (χ0n) is 31.7. The van der Waals surface area contributed by atoms with Gasteiger partial charge in [0.1, 0.15) is 0 Å². The topological polar surface area (TPSA) is 14.8 Å². The molecule has 276 valence electrons. The monoisotopic (exact) mass is 787 g/mol. The summed E-state index contributed by atoms with van der Waals surface area (Å²) in [7, 11) is 0. The summed E-state index contributed by atoms with van der Waals surface area (Å²) in [5.41, 5.74) is 10.9. The molecule has 0 N–H and O–H groups in total. The van der Waals surface area contributed by atoms with Crippen LogP contribution >= 0.6 is 23.1 Å². The zero-order valence-corrected chi connectivity index (χ0v) is 33.3. The summed E-state index contributed by atoms with van der Waals surface area (Å²) in [5.74, 6) is 0. The summed E-state index contributed by atoms with van der Waals surface area (Å²) in [6.07, 6.45) is 0. The average molecular weight is 788 g/mol. The van der Waals surface area contributed by atoms with E-state index in [9.17, 15) is 0 Å². The van der Waals surface area contributed by atoms with Crippen LogP contribution in [0.25, 0.3) is 103 Å². The van der Waals surface area contributed by atoms with Crippen molar-refractivity contribution >= 4 is 109 Å². The van der Waals surface area contributed by atoms with Crippen molar-refractivity contribution in [3.8, 4) is 17.1 Å². The molecule has 0 aliphatic rings. The number of thiophene rings is 1. The highest BCUT2D eigenvalue weighted by atomic mass is 32.2. The first kappa shape index (κ1) is 33.0. The Morgan fingerprint density at radius 2 is 0.644 bits per heavy atom. The van der Waals surface area contributed by atoms with Crippen molar-refractivity contribution in [3.05, 3.63) is 200 Å². The van der Waals surface area contributed by atoms with Crippen LogP contribution in [0, 0.1) is 0 Å². The summed E-state index contributed by atoms with van der Waals surface area (Å²) in [4.78, 5) is 2.45. The molecule has 0 atom stereocenters. The summed E-state index contributed by atoms with van der Waals surface area (Å²) in [6.45, 7) is 0. The van der Waals surface area contributed by atoms with Crippen molar-refractivity contribution in [2.45, 2.75) is 9.79 Å². The minimum Gasteiger partial charge on any atom is -0.309 e. The number of fused-ring (bicyclic) bond motifs is 12. The second-order valence-electron chi connectivity index (χ2n) is 15.3. The van der Waals surface area contributed by atoms with Crippen molar-refractivity contribution in [2.24, 2.45) is 0 Å². The third-order valence-electron chi connectivity index (χ3n) is 12.1. The molecule has 0 radical (unpaired) electrons. The second-order valence-corrected chi connectivity index (χ2v) is 17.6. The highest BCUT2D eigenvalue weighted by molar-refractivity contribution is 7.99. The molecule has 13 rings (SSSR count). The van der Waals surface area contributed by atoms with Gasteiger partial charge in [-0.3, -0.25) is 0 Å². The first-order valence-corrected chi connectivity index (χ1v) is 21.6. The average Bonchev–Trinajstić information content (AvgIpc) is 4.02. The molecule has 9 aromatic carbocycles. The Bertz CT molecular complexity index is 3770. The van der Waals surface area contributed by atoms with E-state index in [-0.39, 0.29) is 0 Å². The number of hydrogen-bond donors (Lipinski definition) is 0. The molecule has 59 heavy (non-hydrogen) atoms. The van der Waals surface area contributed by atoms with Gasteiger partial charge in [-0.2, -0.15) is 0 Å². The normalized spacial score (nSPS) is 12.1. The van der Waals surface area contributed by atoms with Gasteiger partial charge in [-0.15, -0.1) is 11.3 Å². The first-order valence-electron chi connectivity index (χ1n) is 20.0. The summed E-state index contributed by atoms with van der Waals surface area (Å²) < 4.78 is 9.84. The standard InChI is InChI=1S/C54H33N3S2/c1-2-12-34(13-3-1)55-49-20-10-6-16-41(49)43-32-37(24-26-51(43)55)58-38-25-27-52-44(33-38)42-17-7-11-21-50(42)57(52)36-23-29-54-46(31-36)45-30-35(22-28-53(45)59-54)56-47-18-8-4-14-39(47)40-15-5-9-19-48(40)56/h1-33H. The van der Waals surface area contributed by atoms with E-state index in [1.54, 1.807) is 0 Å².